The molecule has 0 atom stereocenters. The summed E-state index contributed by atoms with van der Waals surface area (Å²) in [4.78, 5) is 11.5. The van der Waals surface area contributed by atoms with Crippen molar-refractivity contribution >= 4 is 11.6 Å². The second kappa shape index (κ2) is 5.48. The van der Waals surface area contributed by atoms with Crippen molar-refractivity contribution in [3.63, 3.8) is 0 Å². The summed E-state index contributed by atoms with van der Waals surface area (Å²) in [5.41, 5.74) is 1.00. The van der Waals surface area contributed by atoms with Gasteiger partial charge in [-0.2, -0.15) is 5.10 Å². The number of carbonyl (C=O) groups is 1. The van der Waals surface area contributed by atoms with Gasteiger partial charge in [0.2, 0.25) is 5.91 Å². The van der Waals surface area contributed by atoms with E-state index in [4.69, 9.17) is 4.74 Å². The van der Waals surface area contributed by atoms with Crippen molar-refractivity contribution in [2.24, 2.45) is 5.10 Å². The maximum Gasteiger partial charge on any atom is 0.243 e. The third-order valence-electron chi connectivity index (χ3n) is 2.60. The Morgan fingerprint density at radius 3 is 2.82 bits per heavy atom. The Morgan fingerprint density at radius 1 is 1.29 bits per heavy atom. The van der Waals surface area contributed by atoms with Crippen LogP contribution in [0.4, 0.5) is 0 Å². The van der Waals surface area contributed by atoms with E-state index in [1.165, 1.54) is 5.01 Å². The van der Waals surface area contributed by atoms with Crippen LogP contribution in [-0.4, -0.2) is 29.8 Å². The van der Waals surface area contributed by atoms with Gasteiger partial charge in [0.05, 0.1) is 6.54 Å². The average molecular weight is 232 g/mol. The maximum absolute atomic E-state index is 11.5. The van der Waals surface area contributed by atoms with Crippen LogP contribution in [-0.2, 0) is 4.79 Å². The van der Waals surface area contributed by atoms with Crippen LogP contribution in [0, 0.1) is 0 Å². The molecule has 90 valence electrons. The molecule has 0 spiro atoms. The minimum atomic E-state index is 0.0762. The van der Waals surface area contributed by atoms with Crippen LogP contribution in [0.5, 0.6) is 5.75 Å². The van der Waals surface area contributed by atoms with E-state index >= 15 is 0 Å². The molecule has 0 bridgehead atoms. The molecule has 0 radical (unpaired) electrons. The Morgan fingerprint density at radius 2 is 2.06 bits per heavy atom. The number of para-hydroxylation sites is 1. The lowest BCUT2D eigenvalue weighted by Crippen LogP contribution is -2.34. The lowest BCUT2D eigenvalue weighted by Gasteiger charge is -2.22. The van der Waals surface area contributed by atoms with Crippen molar-refractivity contribution in [1.82, 2.24) is 5.01 Å². The lowest BCUT2D eigenvalue weighted by atomic mass is 10.2. The van der Waals surface area contributed by atoms with Gasteiger partial charge in [-0.25, -0.2) is 5.01 Å². The highest BCUT2D eigenvalue weighted by Gasteiger charge is 2.17. The Bertz CT molecular complexity index is 415. The van der Waals surface area contributed by atoms with Crippen molar-refractivity contribution in [2.45, 2.75) is 19.8 Å². The van der Waals surface area contributed by atoms with Gasteiger partial charge in [0.1, 0.15) is 12.4 Å². The molecule has 17 heavy (non-hydrogen) atoms. The highest BCUT2D eigenvalue weighted by molar-refractivity contribution is 5.91. The highest BCUT2D eigenvalue weighted by Crippen LogP contribution is 2.10. The minimum absolute atomic E-state index is 0.0762. The lowest BCUT2D eigenvalue weighted by molar-refractivity contribution is -0.132. The molecule has 1 aliphatic rings. The summed E-state index contributed by atoms with van der Waals surface area (Å²) < 4.78 is 5.53. The predicted molar refractivity (Wildman–Crippen MR) is 66.0 cm³/mol. The monoisotopic (exact) mass is 232 g/mol. The smallest absolute Gasteiger partial charge is 0.243 e. The number of hydrazone groups is 1. The first-order chi connectivity index (χ1) is 8.25. The first-order valence-corrected chi connectivity index (χ1v) is 5.78. The first-order valence-electron chi connectivity index (χ1n) is 5.78. The van der Waals surface area contributed by atoms with Crippen LogP contribution in [0.15, 0.2) is 35.4 Å². The van der Waals surface area contributed by atoms with Crippen LogP contribution in [0.2, 0.25) is 0 Å². The van der Waals surface area contributed by atoms with Gasteiger partial charge in [-0.3, -0.25) is 4.79 Å². The summed E-state index contributed by atoms with van der Waals surface area (Å²) in [6.45, 7) is 2.91. The molecule has 1 aromatic rings. The number of benzene rings is 1. The topological polar surface area (TPSA) is 41.9 Å². The molecule has 1 aromatic carbocycles. The number of rotatable bonds is 4. The zero-order valence-electron chi connectivity index (χ0n) is 9.93. The van der Waals surface area contributed by atoms with E-state index in [0.29, 0.717) is 19.6 Å². The van der Waals surface area contributed by atoms with E-state index in [2.05, 4.69) is 5.10 Å². The zero-order valence-corrected chi connectivity index (χ0v) is 9.93. The van der Waals surface area contributed by atoms with Gasteiger partial charge in [0, 0.05) is 12.1 Å². The normalized spacial score (nSPS) is 15.7. The molecule has 4 heteroatoms. The number of hydrogen-bond acceptors (Lipinski definition) is 3. The van der Waals surface area contributed by atoms with Crippen LogP contribution in [0.25, 0.3) is 0 Å². The minimum Gasteiger partial charge on any atom is -0.492 e. The van der Waals surface area contributed by atoms with Crippen molar-refractivity contribution < 1.29 is 9.53 Å². The van der Waals surface area contributed by atoms with Crippen molar-refractivity contribution in [3.8, 4) is 5.75 Å². The number of ether oxygens (including phenoxy) is 1. The highest BCUT2D eigenvalue weighted by atomic mass is 16.5. The fourth-order valence-electron chi connectivity index (χ4n) is 1.67. The van der Waals surface area contributed by atoms with Gasteiger partial charge in [0.25, 0.3) is 0 Å². The molecule has 0 unspecified atom stereocenters. The van der Waals surface area contributed by atoms with E-state index in [0.717, 1.165) is 17.9 Å². The fourth-order valence-corrected chi connectivity index (χ4v) is 1.67. The van der Waals surface area contributed by atoms with E-state index < -0.39 is 0 Å². The molecule has 0 N–H and O–H groups in total. The quantitative estimate of drug-likeness (QED) is 0.797. The van der Waals surface area contributed by atoms with Crippen molar-refractivity contribution in [1.29, 1.82) is 0 Å². The molecule has 1 amide bonds. The Kier molecular flexibility index (Phi) is 3.75. The van der Waals surface area contributed by atoms with Gasteiger partial charge >= 0.3 is 0 Å². The molecule has 0 fully saturated rings. The molecule has 0 aliphatic carbocycles. The molecule has 0 saturated carbocycles. The second-order valence-corrected chi connectivity index (χ2v) is 4.01. The summed E-state index contributed by atoms with van der Waals surface area (Å²) >= 11 is 0. The molecular weight excluding hydrogens is 216 g/mol. The van der Waals surface area contributed by atoms with E-state index in [-0.39, 0.29) is 5.91 Å². The van der Waals surface area contributed by atoms with Crippen LogP contribution in [0.3, 0.4) is 0 Å². The van der Waals surface area contributed by atoms with Crippen LogP contribution < -0.4 is 4.74 Å². The summed E-state index contributed by atoms with van der Waals surface area (Å²) in [7, 11) is 0. The molecule has 2 rings (SSSR count). The third-order valence-corrected chi connectivity index (χ3v) is 2.60. The second-order valence-electron chi connectivity index (χ2n) is 4.01. The molecule has 1 heterocycles. The Labute approximate surface area is 101 Å². The Hall–Kier alpha value is -1.84. The largest absolute Gasteiger partial charge is 0.492 e. The summed E-state index contributed by atoms with van der Waals surface area (Å²) in [6.07, 6.45) is 1.33. The molecular formula is C13H16N2O2. The van der Waals surface area contributed by atoms with Gasteiger partial charge in [-0.15, -0.1) is 0 Å². The third kappa shape index (κ3) is 3.31. The summed E-state index contributed by atoms with van der Waals surface area (Å²) in [5, 5.41) is 5.72. The molecule has 4 nitrogen and oxygen atoms in total. The van der Waals surface area contributed by atoms with Crippen molar-refractivity contribution in [3.05, 3.63) is 30.3 Å². The molecule has 1 aliphatic heterocycles. The number of carbonyl (C=O) groups excluding carboxylic acids is 1. The SMILES string of the molecule is CC1=NN(CCOc2ccccc2)C(=O)CC1. The van der Waals surface area contributed by atoms with E-state index in [1.54, 1.807) is 0 Å². The van der Waals surface area contributed by atoms with Crippen LogP contribution in [0.1, 0.15) is 19.8 Å². The number of nitrogens with zero attached hydrogens (tertiary/aromatic N) is 2. The molecule has 0 aromatic heterocycles. The summed E-state index contributed by atoms with van der Waals surface area (Å²) in [5.74, 6) is 0.893. The van der Waals surface area contributed by atoms with Gasteiger partial charge in [0.15, 0.2) is 0 Å². The van der Waals surface area contributed by atoms with Gasteiger partial charge in [-0.1, -0.05) is 18.2 Å². The van der Waals surface area contributed by atoms with Crippen LogP contribution >= 0.6 is 0 Å². The fraction of sp³-hybridized carbons (Fsp3) is 0.385. The Balaban J connectivity index is 1.82. The summed E-state index contributed by atoms with van der Waals surface area (Å²) in [6, 6.07) is 9.57. The predicted octanol–water partition coefficient (Wildman–Crippen LogP) is 2.06. The maximum atomic E-state index is 11.5. The van der Waals surface area contributed by atoms with Gasteiger partial charge in [-0.05, 0) is 25.5 Å². The van der Waals surface area contributed by atoms with E-state index in [9.17, 15) is 4.79 Å². The van der Waals surface area contributed by atoms with E-state index in [1.807, 2.05) is 37.3 Å². The standard InChI is InChI=1S/C13H16N2O2/c1-11-7-8-13(16)15(14-11)9-10-17-12-5-3-2-4-6-12/h2-6H,7-10H2,1H3. The van der Waals surface area contributed by atoms with Crippen molar-refractivity contribution in [2.75, 3.05) is 13.2 Å². The molecule has 0 saturated heterocycles. The number of hydrogen-bond donors (Lipinski definition) is 0. The first kappa shape index (κ1) is 11.6. The zero-order chi connectivity index (χ0) is 12.1. The number of amides is 1. The van der Waals surface area contributed by atoms with Gasteiger partial charge < -0.3 is 4.74 Å². The average Bonchev–Trinajstić information content (AvgIpc) is 2.35.